The van der Waals surface area contributed by atoms with Gasteiger partial charge in [0.15, 0.2) is 0 Å². The van der Waals surface area contributed by atoms with Crippen molar-refractivity contribution in [1.82, 2.24) is 0 Å². The number of carbonyl (C=O) groups is 1. The smallest absolute Gasteiger partial charge is 0.334 e. The Morgan fingerprint density at radius 1 is 1.75 bits per heavy atom. The van der Waals surface area contributed by atoms with Gasteiger partial charge >= 0.3 is 5.97 Å². The number of carbonyl (C=O) groups excluding carboxylic acids is 1. The summed E-state index contributed by atoms with van der Waals surface area (Å²) in [6, 6.07) is 0. The molecular weight excluding hydrogens is 152 g/mol. The van der Waals surface area contributed by atoms with E-state index in [0.717, 1.165) is 11.1 Å². The Bertz CT molecular complexity index is 263. The second kappa shape index (κ2) is 2.77. The Morgan fingerprint density at radius 2 is 2.33 bits per heavy atom. The summed E-state index contributed by atoms with van der Waals surface area (Å²) in [5, 5.41) is 0. The molecule has 0 radical (unpaired) electrons. The molecule has 1 aliphatic rings. The van der Waals surface area contributed by atoms with E-state index in [0.29, 0.717) is 6.42 Å². The molecule has 0 saturated carbocycles. The molecular formula is C10H14O2. The van der Waals surface area contributed by atoms with Crippen LogP contribution >= 0.6 is 0 Å². The van der Waals surface area contributed by atoms with Crippen molar-refractivity contribution in [3.8, 4) is 0 Å². The number of allylic oxidation sites excluding steroid dienone is 1. The number of hydrogen-bond acceptors (Lipinski definition) is 2. The third-order valence-corrected chi connectivity index (χ3v) is 2.36. The van der Waals surface area contributed by atoms with Gasteiger partial charge in [-0.05, 0) is 26.3 Å². The number of esters is 1. The van der Waals surface area contributed by atoms with E-state index < -0.39 is 5.60 Å². The van der Waals surface area contributed by atoms with Crippen molar-refractivity contribution in [1.29, 1.82) is 0 Å². The molecule has 1 rings (SSSR count). The first-order valence-corrected chi connectivity index (χ1v) is 4.04. The van der Waals surface area contributed by atoms with E-state index >= 15 is 0 Å². The molecule has 0 spiro atoms. The number of rotatable bonds is 1. The van der Waals surface area contributed by atoms with E-state index in [1.54, 1.807) is 6.08 Å². The highest BCUT2D eigenvalue weighted by Crippen LogP contribution is 2.35. The van der Waals surface area contributed by atoms with Crippen LogP contribution in [0.5, 0.6) is 0 Å². The van der Waals surface area contributed by atoms with Crippen LogP contribution in [0.2, 0.25) is 0 Å². The SMILES string of the molecule is C=C(C)C1(C)C/C(=C\C)C(=O)O1. The summed E-state index contributed by atoms with van der Waals surface area (Å²) >= 11 is 0. The maximum absolute atomic E-state index is 11.2. The summed E-state index contributed by atoms with van der Waals surface area (Å²) in [5.74, 6) is -0.206. The molecule has 0 aromatic rings. The molecule has 66 valence electrons. The second-order valence-corrected chi connectivity index (χ2v) is 3.39. The molecule has 0 aliphatic carbocycles. The van der Waals surface area contributed by atoms with Gasteiger partial charge in [-0.2, -0.15) is 0 Å². The Balaban J connectivity index is 2.92. The highest BCUT2D eigenvalue weighted by atomic mass is 16.6. The summed E-state index contributed by atoms with van der Waals surface area (Å²) in [6.07, 6.45) is 2.45. The third-order valence-electron chi connectivity index (χ3n) is 2.36. The molecule has 1 heterocycles. The molecule has 1 aliphatic heterocycles. The van der Waals surface area contributed by atoms with Crippen LogP contribution in [0.4, 0.5) is 0 Å². The maximum atomic E-state index is 11.2. The van der Waals surface area contributed by atoms with Gasteiger partial charge in [0.25, 0.3) is 0 Å². The normalized spacial score (nSPS) is 32.2. The monoisotopic (exact) mass is 166 g/mol. The Hall–Kier alpha value is -1.05. The third kappa shape index (κ3) is 1.29. The Kier molecular flexibility index (Phi) is 2.09. The van der Waals surface area contributed by atoms with E-state index in [1.165, 1.54) is 0 Å². The number of hydrogen-bond donors (Lipinski definition) is 0. The lowest BCUT2D eigenvalue weighted by Crippen LogP contribution is -2.24. The molecule has 1 atom stereocenters. The van der Waals surface area contributed by atoms with Crippen LogP contribution < -0.4 is 0 Å². The minimum atomic E-state index is -0.473. The predicted molar refractivity (Wildman–Crippen MR) is 47.7 cm³/mol. The van der Waals surface area contributed by atoms with Crippen LogP contribution in [-0.4, -0.2) is 11.6 Å². The van der Waals surface area contributed by atoms with Gasteiger partial charge in [-0.15, -0.1) is 0 Å². The standard InChI is InChI=1S/C10H14O2/c1-5-8-6-10(4,7(2)3)12-9(8)11/h5H,2,6H2,1,3-4H3/b8-5+. The van der Waals surface area contributed by atoms with Crippen molar-refractivity contribution < 1.29 is 9.53 Å². The van der Waals surface area contributed by atoms with E-state index in [2.05, 4.69) is 6.58 Å². The van der Waals surface area contributed by atoms with Gasteiger partial charge in [0, 0.05) is 12.0 Å². The van der Waals surface area contributed by atoms with Gasteiger partial charge in [0.2, 0.25) is 0 Å². The lowest BCUT2D eigenvalue weighted by molar-refractivity contribution is -0.142. The zero-order valence-corrected chi connectivity index (χ0v) is 7.81. The lowest BCUT2D eigenvalue weighted by Gasteiger charge is -2.21. The first-order chi connectivity index (χ1) is 5.49. The van der Waals surface area contributed by atoms with Crippen molar-refractivity contribution in [3.63, 3.8) is 0 Å². The highest BCUT2D eigenvalue weighted by Gasteiger charge is 2.39. The minimum absolute atomic E-state index is 0.206. The van der Waals surface area contributed by atoms with E-state index in [9.17, 15) is 4.79 Å². The molecule has 0 bridgehead atoms. The van der Waals surface area contributed by atoms with Crippen LogP contribution in [0.15, 0.2) is 23.8 Å². The van der Waals surface area contributed by atoms with E-state index in [4.69, 9.17) is 4.74 Å². The summed E-state index contributed by atoms with van der Waals surface area (Å²) in [4.78, 5) is 11.2. The first kappa shape index (κ1) is 9.04. The van der Waals surface area contributed by atoms with Gasteiger partial charge in [0.1, 0.15) is 5.60 Å². The minimum Gasteiger partial charge on any atom is -0.451 e. The fraction of sp³-hybridized carbons (Fsp3) is 0.500. The number of cyclic esters (lactones) is 1. The van der Waals surface area contributed by atoms with Gasteiger partial charge in [-0.25, -0.2) is 4.79 Å². The molecule has 12 heavy (non-hydrogen) atoms. The average Bonchev–Trinajstić information content (AvgIpc) is 2.27. The van der Waals surface area contributed by atoms with Crippen LogP contribution in [0.3, 0.4) is 0 Å². The molecule has 1 saturated heterocycles. The first-order valence-electron chi connectivity index (χ1n) is 4.04. The van der Waals surface area contributed by atoms with Crippen molar-refractivity contribution in [3.05, 3.63) is 23.8 Å². The Labute approximate surface area is 72.9 Å². The molecule has 2 heteroatoms. The van der Waals surface area contributed by atoms with E-state index in [1.807, 2.05) is 20.8 Å². The summed E-state index contributed by atoms with van der Waals surface area (Å²) in [6.45, 7) is 9.43. The predicted octanol–water partition coefficient (Wildman–Crippen LogP) is 2.21. The largest absolute Gasteiger partial charge is 0.451 e. The van der Waals surface area contributed by atoms with Crippen LogP contribution in [0, 0.1) is 0 Å². The van der Waals surface area contributed by atoms with Crippen LogP contribution in [-0.2, 0) is 9.53 Å². The van der Waals surface area contributed by atoms with Gasteiger partial charge < -0.3 is 4.74 Å². The van der Waals surface area contributed by atoms with Crippen molar-refractivity contribution in [2.45, 2.75) is 32.8 Å². The van der Waals surface area contributed by atoms with Crippen molar-refractivity contribution in [2.24, 2.45) is 0 Å². The number of ether oxygens (including phenoxy) is 1. The summed E-state index contributed by atoms with van der Waals surface area (Å²) in [7, 11) is 0. The molecule has 1 fully saturated rings. The lowest BCUT2D eigenvalue weighted by atomic mass is 9.93. The van der Waals surface area contributed by atoms with Crippen LogP contribution in [0.25, 0.3) is 0 Å². The fourth-order valence-corrected chi connectivity index (χ4v) is 1.20. The quantitative estimate of drug-likeness (QED) is 0.339. The van der Waals surface area contributed by atoms with Crippen LogP contribution in [0.1, 0.15) is 27.2 Å². The van der Waals surface area contributed by atoms with Gasteiger partial charge in [-0.3, -0.25) is 0 Å². The Morgan fingerprint density at radius 3 is 2.58 bits per heavy atom. The molecule has 0 aromatic carbocycles. The molecule has 2 nitrogen and oxygen atoms in total. The topological polar surface area (TPSA) is 26.3 Å². The van der Waals surface area contributed by atoms with E-state index in [-0.39, 0.29) is 5.97 Å². The fourth-order valence-electron chi connectivity index (χ4n) is 1.20. The van der Waals surface area contributed by atoms with Gasteiger partial charge in [-0.1, -0.05) is 12.7 Å². The molecule has 0 amide bonds. The summed E-state index contributed by atoms with van der Waals surface area (Å²) < 4.78 is 5.21. The average molecular weight is 166 g/mol. The zero-order valence-electron chi connectivity index (χ0n) is 7.81. The maximum Gasteiger partial charge on any atom is 0.334 e. The van der Waals surface area contributed by atoms with Gasteiger partial charge in [0.05, 0.1) is 0 Å². The molecule has 0 aromatic heterocycles. The summed E-state index contributed by atoms with van der Waals surface area (Å²) in [5.41, 5.74) is 1.17. The zero-order chi connectivity index (χ0) is 9.35. The van der Waals surface area contributed by atoms with Crippen molar-refractivity contribution in [2.75, 3.05) is 0 Å². The molecule has 1 unspecified atom stereocenters. The molecule has 0 N–H and O–H groups in total. The highest BCUT2D eigenvalue weighted by molar-refractivity contribution is 5.91. The second-order valence-electron chi connectivity index (χ2n) is 3.39. The van der Waals surface area contributed by atoms with Crippen molar-refractivity contribution >= 4 is 5.97 Å².